The lowest BCUT2D eigenvalue weighted by atomic mass is 10.1. The van der Waals surface area contributed by atoms with Crippen molar-refractivity contribution in [2.24, 2.45) is 0 Å². The van der Waals surface area contributed by atoms with Crippen LogP contribution in [0.4, 0.5) is 0 Å². The zero-order valence-electron chi connectivity index (χ0n) is 6.00. The monoisotopic (exact) mass is 248 g/mol. The largest absolute Gasteiger partial charge is 0.480 e. The van der Waals surface area contributed by atoms with E-state index in [0.29, 0.717) is 5.56 Å². The summed E-state index contributed by atoms with van der Waals surface area (Å²) in [4.78, 5) is 10.5. The standard InChI is InChI=1S/C8H6BrClO2/c9-6-3-1-2-5(4-6)7(10)8(11)12/h1-4,7H,(H,11,12). The van der Waals surface area contributed by atoms with E-state index in [1.165, 1.54) is 0 Å². The molecule has 0 saturated carbocycles. The van der Waals surface area contributed by atoms with E-state index in [9.17, 15) is 4.79 Å². The molecule has 0 radical (unpaired) electrons. The van der Waals surface area contributed by atoms with Gasteiger partial charge in [-0.1, -0.05) is 28.1 Å². The summed E-state index contributed by atoms with van der Waals surface area (Å²) in [5.74, 6) is -1.03. The molecule has 12 heavy (non-hydrogen) atoms. The minimum absolute atomic E-state index is 0.582. The van der Waals surface area contributed by atoms with Crippen LogP contribution in [-0.2, 0) is 4.79 Å². The number of alkyl halides is 1. The first-order valence-electron chi connectivity index (χ1n) is 3.23. The van der Waals surface area contributed by atoms with Crippen LogP contribution < -0.4 is 0 Å². The number of hydrogen-bond donors (Lipinski definition) is 1. The molecule has 0 aliphatic carbocycles. The van der Waals surface area contributed by atoms with E-state index in [1.54, 1.807) is 18.2 Å². The fraction of sp³-hybridized carbons (Fsp3) is 0.125. The average Bonchev–Trinajstić information content (AvgIpc) is 2.03. The zero-order valence-corrected chi connectivity index (χ0v) is 8.34. The molecule has 64 valence electrons. The number of carboxylic acid groups (broad SMARTS) is 1. The molecule has 1 N–H and O–H groups in total. The van der Waals surface area contributed by atoms with E-state index in [-0.39, 0.29) is 0 Å². The van der Waals surface area contributed by atoms with Crippen LogP contribution in [0.5, 0.6) is 0 Å². The van der Waals surface area contributed by atoms with Gasteiger partial charge in [0.1, 0.15) is 0 Å². The minimum atomic E-state index is -1.03. The Morgan fingerprint density at radius 1 is 1.58 bits per heavy atom. The highest BCUT2D eigenvalue weighted by Gasteiger charge is 2.15. The molecule has 1 unspecified atom stereocenters. The average molecular weight is 249 g/mol. The maximum atomic E-state index is 10.5. The van der Waals surface area contributed by atoms with Crippen molar-refractivity contribution in [1.29, 1.82) is 0 Å². The number of carboxylic acids is 1. The number of carbonyl (C=O) groups is 1. The van der Waals surface area contributed by atoms with Crippen LogP contribution in [0.1, 0.15) is 10.9 Å². The summed E-state index contributed by atoms with van der Waals surface area (Å²) in [5.41, 5.74) is 0.582. The van der Waals surface area contributed by atoms with Gasteiger partial charge >= 0.3 is 5.97 Å². The van der Waals surface area contributed by atoms with Crippen molar-refractivity contribution in [3.63, 3.8) is 0 Å². The van der Waals surface area contributed by atoms with Crippen molar-refractivity contribution in [2.75, 3.05) is 0 Å². The normalized spacial score (nSPS) is 12.5. The van der Waals surface area contributed by atoms with E-state index < -0.39 is 11.3 Å². The van der Waals surface area contributed by atoms with Crippen molar-refractivity contribution in [1.82, 2.24) is 0 Å². The second-order valence-corrected chi connectivity index (χ2v) is 3.61. The lowest BCUT2D eigenvalue weighted by Gasteiger charge is -2.03. The Morgan fingerprint density at radius 2 is 2.25 bits per heavy atom. The zero-order chi connectivity index (χ0) is 9.14. The van der Waals surface area contributed by atoms with Gasteiger partial charge in [-0.05, 0) is 17.7 Å². The highest BCUT2D eigenvalue weighted by Crippen LogP contribution is 2.23. The fourth-order valence-corrected chi connectivity index (χ4v) is 1.36. The number of hydrogen-bond acceptors (Lipinski definition) is 1. The smallest absolute Gasteiger partial charge is 0.326 e. The Labute approximate surface area is 83.3 Å². The SMILES string of the molecule is O=C(O)C(Cl)c1cccc(Br)c1. The first-order valence-corrected chi connectivity index (χ1v) is 4.46. The highest BCUT2D eigenvalue weighted by atomic mass is 79.9. The summed E-state index contributed by atoms with van der Waals surface area (Å²) < 4.78 is 0.826. The molecular weight excluding hydrogens is 243 g/mol. The third-order valence-corrected chi connectivity index (χ3v) is 2.29. The van der Waals surface area contributed by atoms with Crippen LogP contribution in [0.3, 0.4) is 0 Å². The van der Waals surface area contributed by atoms with Gasteiger partial charge in [0.25, 0.3) is 0 Å². The third kappa shape index (κ3) is 2.22. The van der Waals surface area contributed by atoms with Crippen molar-refractivity contribution in [2.45, 2.75) is 5.38 Å². The molecule has 1 aromatic carbocycles. The molecule has 0 fully saturated rings. The first kappa shape index (κ1) is 9.55. The van der Waals surface area contributed by atoms with Gasteiger partial charge in [0.05, 0.1) is 0 Å². The van der Waals surface area contributed by atoms with Crippen LogP contribution in [0.2, 0.25) is 0 Å². The summed E-state index contributed by atoms with van der Waals surface area (Å²) in [6, 6.07) is 6.93. The molecule has 4 heteroatoms. The van der Waals surface area contributed by atoms with Crippen LogP contribution in [0, 0.1) is 0 Å². The molecule has 0 aliphatic rings. The van der Waals surface area contributed by atoms with Crippen LogP contribution >= 0.6 is 27.5 Å². The summed E-state index contributed by atoms with van der Waals surface area (Å²) >= 11 is 8.82. The van der Waals surface area contributed by atoms with Crippen LogP contribution in [0.25, 0.3) is 0 Å². The number of rotatable bonds is 2. The second kappa shape index (κ2) is 3.92. The summed E-state index contributed by atoms with van der Waals surface area (Å²) in [5, 5.41) is 7.61. The number of benzene rings is 1. The lowest BCUT2D eigenvalue weighted by Crippen LogP contribution is -2.04. The van der Waals surface area contributed by atoms with Crippen LogP contribution in [-0.4, -0.2) is 11.1 Å². The van der Waals surface area contributed by atoms with Gasteiger partial charge in [0.2, 0.25) is 0 Å². The molecular formula is C8H6BrClO2. The van der Waals surface area contributed by atoms with Gasteiger partial charge in [-0.25, -0.2) is 0 Å². The molecule has 0 heterocycles. The Bertz CT molecular complexity index is 301. The molecule has 1 aromatic rings. The minimum Gasteiger partial charge on any atom is -0.480 e. The first-order chi connectivity index (χ1) is 5.61. The Balaban J connectivity index is 2.95. The van der Waals surface area contributed by atoms with Gasteiger partial charge in [-0.2, -0.15) is 0 Å². The maximum absolute atomic E-state index is 10.5. The van der Waals surface area contributed by atoms with Gasteiger partial charge in [0, 0.05) is 4.47 Å². The van der Waals surface area contributed by atoms with E-state index in [4.69, 9.17) is 16.7 Å². The number of aliphatic carboxylic acids is 1. The molecule has 1 atom stereocenters. The van der Waals surface area contributed by atoms with Gasteiger partial charge < -0.3 is 5.11 Å². The van der Waals surface area contributed by atoms with Crippen LogP contribution in [0.15, 0.2) is 28.7 Å². The van der Waals surface area contributed by atoms with Gasteiger partial charge in [0.15, 0.2) is 5.38 Å². The predicted molar refractivity (Wildman–Crippen MR) is 50.4 cm³/mol. The van der Waals surface area contributed by atoms with Crippen molar-refractivity contribution < 1.29 is 9.90 Å². The van der Waals surface area contributed by atoms with Gasteiger partial charge in [-0.3, -0.25) is 4.79 Å². The van der Waals surface area contributed by atoms with Crippen molar-refractivity contribution in [3.8, 4) is 0 Å². The molecule has 1 rings (SSSR count). The quantitative estimate of drug-likeness (QED) is 0.818. The predicted octanol–water partition coefficient (Wildman–Crippen LogP) is 2.81. The topological polar surface area (TPSA) is 37.3 Å². The summed E-state index contributed by atoms with van der Waals surface area (Å²) in [7, 11) is 0. The summed E-state index contributed by atoms with van der Waals surface area (Å²) in [6.45, 7) is 0. The van der Waals surface area contributed by atoms with E-state index >= 15 is 0 Å². The maximum Gasteiger partial charge on any atom is 0.326 e. The Kier molecular flexibility index (Phi) is 3.12. The fourth-order valence-electron chi connectivity index (χ4n) is 0.807. The molecule has 0 aliphatic heterocycles. The number of halogens is 2. The highest BCUT2D eigenvalue weighted by molar-refractivity contribution is 9.10. The lowest BCUT2D eigenvalue weighted by molar-refractivity contribution is -0.136. The Hall–Kier alpha value is -0.540. The third-order valence-electron chi connectivity index (χ3n) is 1.36. The van der Waals surface area contributed by atoms with Crippen molar-refractivity contribution in [3.05, 3.63) is 34.3 Å². The van der Waals surface area contributed by atoms with Gasteiger partial charge in [-0.15, -0.1) is 11.6 Å². The van der Waals surface area contributed by atoms with E-state index in [1.807, 2.05) is 6.07 Å². The molecule has 0 aromatic heterocycles. The summed E-state index contributed by atoms with van der Waals surface area (Å²) in [6.07, 6.45) is 0. The molecule has 2 nitrogen and oxygen atoms in total. The van der Waals surface area contributed by atoms with Crippen molar-refractivity contribution >= 4 is 33.5 Å². The van der Waals surface area contributed by atoms with E-state index in [0.717, 1.165) is 4.47 Å². The van der Waals surface area contributed by atoms with E-state index in [2.05, 4.69) is 15.9 Å². The molecule has 0 amide bonds. The molecule has 0 saturated heterocycles. The molecule has 0 spiro atoms. The second-order valence-electron chi connectivity index (χ2n) is 2.26. The Morgan fingerprint density at radius 3 is 2.75 bits per heavy atom. The molecule has 0 bridgehead atoms.